The van der Waals surface area contributed by atoms with Crippen LogP contribution in [0.3, 0.4) is 0 Å². The number of aliphatic hydroxyl groups is 1. The summed E-state index contributed by atoms with van der Waals surface area (Å²) in [6, 6.07) is 0. The van der Waals surface area contributed by atoms with Gasteiger partial charge in [0.1, 0.15) is 10.8 Å². The lowest BCUT2D eigenvalue weighted by Crippen LogP contribution is -2.43. The maximum Gasteiger partial charge on any atom is 0.311 e. The standard InChI is InChI=1S/C22H43NO3S/c1-16-11-17(21(6,7)14-22(8,9)25)20(4,5)13-19(2,3)15-23(12-16)18(24)27(10)26/h16-17,25H,11-15H2,1-10H3. The molecule has 0 aromatic rings. The second kappa shape index (κ2) is 8.14. The van der Waals surface area contributed by atoms with Crippen molar-refractivity contribution in [2.45, 2.75) is 87.2 Å². The Hall–Kier alpha value is -0.420. The highest BCUT2D eigenvalue weighted by molar-refractivity contribution is 7.99. The largest absolute Gasteiger partial charge is 0.390 e. The van der Waals surface area contributed by atoms with Gasteiger partial charge in [-0.25, -0.2) is 4.21 Å². The van der Waals surface area contributed by atoms with Crippen molar-refractivity contribution in [3.63, 3.8) is 0 Å². The molecule has 3 atom stereocenters. The zero-order valence-corrected chi connectivity index (χ0v) is 20.1. The van der Waals surface area contributed by atoms with E-state index in [0.29, 0.717) is 24.9 Å². The first-order valence-electron chi connectivity index (χ1n) is 10.2. The van der Waals surface area contributed by atoms with E-state index < -0.39 is 16.4 Å². The summed E-state index contributed by atoms with van der Waals surface area (Å²) in [6.45, 7) is 20.9. The average molecular weight is 402 g/mol. The summed E-state index contributed by atoms with van der Waals surface area (Å²) in [5.41, 5.74) is -0.737. The lowest BCUT2D eigenvalue weighted by molar-refractivity contribution is -0.0369. The van der Waals surface area contributed by atoms with Crippen LogP contribution in [0.25, 0.3) is 0 Å². The van der Waals surface area contributed by atoms with E-state index >= 15 is 0 Å². The molecule has 0 radical (unpaired) electrons. The topological polar surface area (TPSA) is 57.6 Å². The molecule has 1 fully saturated rings. The first kappa shape index (κ1) is 24.6. The number of hydrogen-bond donors (Lipinski definition) is 1. The number of hydrogen-bond acceptors (Lipinski definition) is 3. The fraction of sp³-hybridized carbons (Fsp3) is 0.955. The Balaban J connectivity index is 3.30. The van der Waals surface area contributed by atoms with Crippen LogP contribution in [-0.2, 0) is 10.8 Å². The Kier molecular flexibility index (Phi) is 7.42. The van der Waals surface area contributed by atoms with E-state index in [0.717, 1.165) is 19.3 Å². The normalized spacial score (nSPS) is 28.0. The van der Waals surface area contributed by atoms with Crippen molar-refractivity contribution in [1.29, 1.82) is 0 Å². The van der Waals surface area contributed by atoms with Gasteiger partial charge in [0.2, 0.25) is 0 Å². The number of nitrogens with zero attached hydrogens (tertiary/aromatic N) is 1. The number of carbonyl (C=O) groups excluding carboxylic acids is 1. The fourth-order valence-corrected chi connectivity index (χ4v) is 6.60. The molecular weight excluding hydrogens is 358 g/mol. The quantitative estimate of drug-likeness (QED) is 0.718. The molecule has 0 spiro atoms. The first-order valence-corrected chi connectivity index (χ1v) is 11.8. The first-order chi connectivity index (χ1) is 11.9. The molecule has 0 aliphatic carbocycles. The summed E-state index contributed by atoms with van der Waals surface area (Å²) in [5.74, 6) is 0.727. The maximum atomic E-state index is 12.5. The van der Waals surface area contributed by atoms with Crippen LogP contribution in [0, 0.1) is 28.1 Å². The van der Waals surface area contributed by atoms with Crippen molar-refractivity contribution in [3.8, 4) is 0 Å². The Labute approximate surface area is 169 Å². The van der Waals surface area contributed by atoms with E-state index in [1.807, 2.05) is 18.7 Å². The highest BCUT2D eigenvalue weighted by Gasteiger charge is 2.46. The minimum atomic E-state index is -1.48. The summed E-state index contributed by atoms with van der Waals surface area (Å²) in [7, 11) is -1.48. The molecule has 1 aliphatic rings. The SMILES string of the molecule is CC1CC(C(C)(C)CC(C)(C)O)C(C)(C)CC(C)(C)CN(C(=O)S(C)=O)C1. The third-order valence-corrected chi connectivity index (χ3v) is 6.75. The van der Waals surface area contributed by atoms with Gasteiger partial charge >= 0.3 is 5.24 Å². The zero-order chi connectivity index (χ0) is 21.4. The third-order valence-electron chi connectivity index (χ3n) is 6.00. The predicted octanol–water partition coefficient (Wildman–Crippen LogP) is 5.07. The molecule has 0 aromatic carbocycles. The van der Waals surface area contributed by atoms with E-state index in [2.05, 4.69) is 48.5 Å². The van der Waals surface area contributed by atoms with Crippen LogP contribution in [0.15, 0.2) is 0 Å². The summed E-state index contributed by atoms with van der Waals surface area (Å²) in [4.78, 5) is 14.4. The predicted molar refractivity (Wildman–Crippen MR) is 115 cm³/mol. The molecule has 4 nitrogen and oxygen atoms in total. The molecule has 160 valence electrons. The summed E-state index contributed by atoms with van der Waals surface area (Å²) in [6.07, 6.45) is 4.19. The molecule has 5 heteroatoms. The molecular formula is C22H43NO3S. The Morgan fingerprint density at radius 2 is 1.70 bits per heavy atom. The van der Waals surface area contributed by atoms with Crippen LogP contribution in [0.2, 0.25) is 0 Å². The minimum Gasteiger partial charge on any atom is -0.390 e. The Bertz CT molecular complexity index is 560. The monoisotopic (exact) mass is 401 g/mol. The van der Waals surface area contributed by atoms with E-state index in [9.17, 15) is 14.1 Å². The Morgan fingerprint density at radius 3 is 2.15 bits per heavy atom. The molecule has 0 saturated carbocycles. The van der Waals surface area contributed by atoms with Gasteiger partial charge in [0.05, 0.1) is 5.60 Å². The van der Waals surface area contributed by atoms with Crippen molar-refractivity contribution < 1.29 is 14.1 Å². The molecule has 1 amide bonds. The van der Waals surface area contributed by atoms with E-state index in [1.165, 1.54) is 6.26 Å². The van der Waals surface area contributed by atoms with Gasteiger partial charge in [-0.05, 0) is 61.2 Å². The van der Waals surface area contributed by atoms with Crippen LogP contribution in [0.1, 0.15) is 81.6 Å². The Morgan fingerprint density at radius 1 is 1.19 bits per heavy atom. The van der Waals surface area contributed by atoms with Crippen LogP contribution in [0.5, 0.6) is 0 Å². The highest BCUT2D eigenvalue weighted by Crippen LogP contribution is 2.52. The van der Waals surface area contributed by atoms with Gasteiger partial charge in [0, 0.05) is 19.3 Å². The van der Waals surface area contributed by atoms with E-state index in [4.69, 9.17) is 0 Å². The van der Waals surface area contributed by atoms with Gasteiger partial charge in [0.25, 0.3) is 0 Å². The summed E-state index contributed by atoms with van der Waals surface area (Å²) < 4.78 is 11.8. The van der Waals surface area contributed by atoms with Crippen LogP contribution in [-0.4, -0.2) is 44.4 Å². The molecule has 1 N–H and O–H groups in total. The van der Waals surface area contributed by atoms with Crippen LogP contribution < -0.4 is 0 Å². The fourth-order valence-electron chi connectivity index (χ4n) is 6.10. The van der Waals surface area contributed by atoms with Crippen molar-refractivity contribution in [3.05, 3.63) is 0 Å². The molecule has 27 heavy (non-hydrogen) atoms. The molecule has 0 bridgehead atoms. The van der Waals surface area contributed by atoms with Gasteiger partial charge in [-0.1, -0.05) is 48.5 Å². The van der Waals surface area contributed by atoms with Crippen molar-refractivity contribution >= 4 is 16.0 Å². The van der Waals surface area contributed by atoms with Gasteiger partial charge in [-0.3, -0.25) is 4.79 Å². The second-order valence-electron chi connectivity index (χ2n) is 11.8. The lowest BCUT2D eigenvalue weighted by Gasteiger charge is -2.49. The third kappa shape index (κ3) is 7.16. The molecule has 3 unspecified atom stereocenters. The lowest BCUT2D eigenvalue weighted by atomic mass is 9.56. The van der Waals surface area contributed by atoms with Crippen molar-refractivity contribution in [1.82, 2.24) is 4.90 Å². The zero-order valence-electron chi connectivity index (χ0n) is 19.3. The highest BCUT2D eigenvalue weighted by atomic mass is 32.2. The summed E-state index contributed by atoms with van der Waals surface area (Å²) >= 11 is 0. The molecule has 1 saturated heterocycles. The van der Waals surface area contributed by atoms with Crippen molar-refractivity contribution in [2.75, 3.05) is 19.3 Å². The van der Waals surface area contributed by atoms with Crippen molar-refractivity contribution in [2.24, 2.45) is 28.1 Å². The van der Waals surface area contributed by atoms with Gasteiger partial charge in [-0.2, -0.15) is 0 Å². The number of carbonyl (C=O) groups is 1. The maximum absolute atomic E-state index is 12.5. The van der Waals surface area contributed by atoms with Crippen LogP contribution in [0.4, 0.5) is 4.79 Å². The molecule has 1 rings (SSSR count). The van der Waals surface area contributed by atoms with Gasteiger partial charge < -0.3 is 10.0 Å². The second-order valence-corrected chi connectivity index (χ2v) is 13.1. The average Bonchev–Trinajstić information content (AvgIpc) is 2.41. The number of amides is 1. The molecule has 1 aliphatic heterocycles. The van der Waals surface area contributed by atoms with E-state index in [1.54, 1.807) is 0 Å². The van der Waals surface area contributed by atoms with E-state index in [-0.39, 0.29) is 21.5 Å². The van der Waals surface area contributed by atoms with Gasteiger partial charge in [-0.15, -0.1) is 0 Å². The molecule has 0 aromatic heterocycles. The van der Waals surface area contributed by atoms with Crippen LogP contribution >= 0.6 is 0 Å². The smallest absolute Gasteiger partial charge is 0.311 e. The summed E-state index contributed by atoms with van der Waals surface area (Å²) in [5, 5.41) is 10.2. The minimum absolute atomic E-state index is 0.0289. The molecule has 1 heterocycles. The van der Waals surface area contributed by atoms with Gasteiger partial charge in [0.15, 0.2) is 0 Å². The number of rotatable bonds is 3.